The largest absolute Gasteiger partial charge is 0.534 e. The summed E-state index contributed by atoms with van der Waals surface area (Å²) in [6.45, 7) is 6.44. The molecular formula is C24H23F3N2OSi. The molecule has 0 unspecified atom stereocenters. The molecular weight excluding hydrogens is 417 g/mol. The molecule has 0 spiro atoms. The lowest BCUT2D eigenvalue weighted by Gasteiger charge is -2.43. The van der Waals surface area contributed by atoms with E-state index >= 15 is 0 Å². The first-order valence-corrected chi connectivity index (χ1v) is 11.9. The van der Waals surface area contributed by atoms with Gasteiger partial charge >= 0.3 is 14.5 Å². The first-order valence-electron chi connectivity index (χ1n) is 9.98. The summed E-state index contributed by atoms with van der Waals surface area (Å²) >= 11 is 0. The number of benzene rings is 3. The summed E-state index contributed by atoms with van der Waals surface area (Å²) in [5.41, 5.74) is -0.623. The van der Waals surface area contributed by atoms with E-state index in [0.717, 1.165) is 10.4 Å². The maximum absolute atomic E-state index is 13.2. The highest BCUT2D eigenvalue weighted by molar-refractivity contribution is 7.00. The maximum atomic E-state index is 13.2. The molecule has 0 atom stereocenters. The van der Waals surface area contributed by atoms with Crippen molar-refractivity contribution in [3.05, 3.63) is 84.6 Å². The van der Waals surface area contributed by atoms with E-state index < -0.39 is 20.2 Å². The van der Waals surface area contributed by atoms with Crippen molar-refractivity contribution in [2.45, 2.75) is 32.0 Å². The highest BCUT2D eigenvalue weighted by Crippen LogP contribution is 2.39. The number of alkyl halides is 3. The van der Waals surface area contributed by atoms with Crippen molar-refractivity contribution in [2.75, 3.05) is 0 Å². The molecule has 3 aromatic carbocycles. The Bertz CT molecular complexity index is 1140. The van der Waals surface area contributed by atoms with Crippen molar-refractivity contribution in [3.63, 3.8) is 0 Å². The van der Waals surface area contributed by atoms with E-state index in [9.17, 15) is 13.2 Å². The van der Waals surface area contributed by atoms with Gasteiger partial charge in [-0.25, -0.2) is 0 Å². The molecule has 0 saturated heterocycles. The average Bonchev–Trinajstić information content (AvgIpc) is 3.16. The molecule has 0 saturated carbocycles. The molecule has 0 aliphatic carbocycles. The number of nitrogens with one attached hydrogen (secondary N) is 1. The van der Waals surface area contributed by atoms with E-state index in [-0.39, 0.29) is 15.9 Å². The highest BCUT2D eigenvalue weighted by Gasteiger charge is 2.52. The van der Waals surface area contributed by atoms with Crippen LogP contribution in [0.2, 0.25) is 5.04 Å². The normalized spacial score (nSPS) is 12.8. The molecule has 1 heterocycles. The van der Waals surface area contributed by atoms with Gasteiger partial charge in [0, 0.05) is 11.5 Å². The summed E-state index contributed by atoms with van der Waals surface area (Å²) in [7, 11) is -2.87. The number of aromatic nitrogens is 2. The van der Waals surface area contributed by atoms with Crippen molar-refractivity contribution in [1.29, 1.82) is 0 Å². The SMILES string of the molecule is CC(C)(C)[Si](Oc1ccc2c(C(F)(F)F)[nH]nc2c1)(c1ccccc1)c1ccccc1. The number of halogens is 3. The lowest BCUT2D eigenvalue weighted by molar-refractivity contribution is -0.139. The van der Waals surface area contributed by atoms with Crippen molar-refractivity contribution in [2.24, 2.45) is 0 Å². The van der Waals surface area contributed by atoms with Gasteiger partial charge in [0.2, 0.25) is 0 Å². The second-order valence-electron chi connectivity index (χ2n) is 8.54. The van der Waals surface area contributed by atoms with Crippen LogP contribution >= 0.6 is 0 Å². The molecule has 0 amide bonds. The molecule has 0 bridgehead atoms. The van der Waals surface area contributed by atoms with E-state index in [0.29, 0.717) is 5.75 Å². The molecule has 160 valence electrons. The first kappa shape index (κ1) is 21.2. The number of hydrogen-bond acceptors (Lipinski definition) is 2. The maximum Gasteiger partial charge on any atom is 0.433 e. The third kappa shape index (κ3) is 3.74. The van der Waals surface area contributed by atoms with Crippen LogP contribution in [0.5, 0.6) is 5.75 Å². The predicted octanol–water partition coefficient (Wildman–Crippen LogP) is 5.52. The van der Waals surface area contributed by atoms with Gasteiger partial charge in [-0.05, 0) is 27.5 Å². The molecule has 1 aromatic heterocycles. The summed E-state index contributed by atoms with van der Waals surface area (Å²) in [5, 5.41) is 7.94. The van der Waals surface area contributed by atoms with Gasteiger partial charge in [-0.3, -0.25) is 5.10 Å². The van der Waals surface area contributed by atoms with E-state index in [4.69, 9.17) is 4.43 Å². The smallest absolute Gasteiger partial charge is 0.433 e. The van der Waals surface area contributed by atoms with E-state index in [1.165, 1.54) is 6.07 Å². The van der Waals surface area contributed by atoms with Crippen LogP contribution in [0.15, 0.2) is 78.9 Å². The van der Waals surface area contributed by atoms with Gasteiger partial charge in [0.25, 0.3) is 0 Å². The van der Waals surface area contributed by atoms with Crippen LogP contribution in [0.4, 0.5) is 13.2 Å². The second-order valence-corrected chi connectivity index (χ2v) is 12.8. The van der Waals surface area contributed by atoms with Gasteiger partial charge in [-0.15, -0.1) is 0 Å². The number of fused-ring (bicyclic) bond motifs is 1. The van der Waals surface area contributed by atoms with Gasteiger partial charge in [0.1, 0.15) is 11.4 Å². The fourth-order valence-corrected chi connectivity index (χ4v) is 8.51. The van der Waals surface area contributed by atoms with Crippen molar-refractivity contribution >= 4 is 29.6 Å². The Morgan fingerprint density at radius 1 is 0.806 bits per heavy atom. The average molecular weight is 441 g/mol. The molecule has 4 aromatic rings. The zero-order chi connectivity index (χ0) is 22.3. The molecule has 7 heteroatoms. The summed E-state index contributed by atoms with van der Waals surface area (Å²) in [6, 6.07) is 24.8. The fraction of sp³-hybridized carbons (Fsp3) is 0.208. The molecule has 1 N–H and O–H groups in total. The highest BCUT2D eigenvalue weighted by atomic mass is 28.4. The van der Waals surface area contributed by atoms with E-state index in [1.807, 2.05) is 36.4 Å². The molecule has 31 heavy (non-hydrogen) atoms. The van der Waals surface area contributed by atoms with Crippen LogP contribution in [0.3, 0.4) is 0 Å². The number of H-pyrrole nitrogens is 1. The Kier molecular flexibility index (Phi) is 5.17. The Morgan fingerprint density at radius 2 is 1.35 bits per heavy atom. The summed E-state index contributed by atoms with van der Waals surface area (Å²) in [6.07, 6.45) is -4.49. The van der Waals surface area contributed by atoms with Crippen LogP contribution in [-0.2, 0) is 6.18 Å². The summed E-state index contributed by atoms with van der Waals surface area (Å²) in [4.78, 5) is 0. The molecule has 4 rings (SSSR count). The van der Waals surface area contributed by atoms with Crippen molar-refractivity contribution in [3.8, 4) is 5.75 Å². The first-order chi connectivity index (χ1) is 14.6. The topological polar surface area (TPSA) is 37.9 Å². The van der Waals surface area contributed by atoms with Crippen molar-refractivity contribution in [1.82, 2.24) is 10.2 Å². The van der Waals surface area contributed by atoms with Crippen LogP contribution in [0, 0.1) is 0 Å². The number of aromatic amines is 1. The van der Waals surface area contributed by atoms with Gasteiger partial charge in [0.15, 0.2) is 0 Å². The minimum Gasteiger partial charge on any atom is -0.534 e. The Labute approximate surface area is 180 Å². The minimum atomic E-state index is -4.49. The molecule has 0 radical (unpaired) electrons. The number of hydrogen-bond donors (Lipinski definition) is 1. The second kappa shape index (κ2) is 7.57. The fourth-order valence-electron chi connectivity index (χ4n) is 4.10. The standard InChI is InChI=1S/C24H23F3N2OSi/c1-23(2,3)31(18-10-6-4-7-11-18,19-12-8-5-9-13-19)30-17-14-15-20-21(16-17)28-29-22(20)24(25,26)27/h4-16H,1-3H3,(H,28,29). The van der Waals surface area contributed by atoms with Gasteiger partial charge in [-0.2, -0.15) is 18.3 Å². The summed E-state index contributed by atoms with van der Waals surface area (Å²) < 4.78 is 46.5. The monoisotopic (exact) mass is 440 g/mol. The molecule has 0 aliphatic heterocycles. The zero-order valence-electron chi connectivity index (χ0n) is 17.5. The molecule has 3 nitrogen and oxygen atoms in total. The lowest BCUT2D eigenvalue weighted by Crippen LogP contribution is -2.68. The lowest BCUT2D eigenvalue weighted by atomic mass is 10.2. The zero-order valence-corrected chi connectivity index (χ0v) is 18.5. The van der Waals surface area contributed by atoms with Gasteiger partial charge in [-0.1, -0.05) is 81.4 Å². The summed E-state index contributed by atoms with van der Waals surface area (Å²) in [5.74, 6) is 0.502. The van der Waals surface area contributed by atoms with Crippen LogP contribution < -0.4 is 14.8 Å². The van der Waals surface area contributed by atoms with Crippen LogP contribution in [0.25, 0.3) is 10.9 Å². The van der Waals surface area contributed by atoms with Crippen LogP contribution in [-0.4, -0.2) is 18.5 Å². The number of nitrogens with zero attached hydrogens (tertiary/aromatic N) is 1. The van der Waals surface area contributed by atoms with E-state index in [2.05, 4.69) is 55.2 Å². The van der Waals surface area contributed by atoms with E-state index in [1.54, 1.807) is 12.1 Å². The molecule has 0 aliphatic rings. The number of rotatable bonds is 4. The molecule has 0 fully saturated rings. The van der Waals surface area contributed by atoms with Gasteiger partial charge in [0.05, 0.1) is 5.52 Å². The van der Waals surface area contributed by atoms with Crippen molar-refractivity contribution < 1.29 is 17.6 Å². The van der Waals surface area contributed by atoms with Gasteiger partial charge < -0.3 is 4.43 Å². The Morgan fingerprint density at radius 3 is 1.84 bits per heavy atom. The third-order valence-electron chi connectivity index (χ3n) is 5.50. The quantitative estimate of drug-likeness (QED) is 0.424. The Hall–Kier alpha value is -3.06. The van der Waals surface area contributed by atoms with Crippen LogP contribution in [0.1, 0.15) is 26.5 Å². The minimum absolute atomic E-state index is 0.0299. The predicted molar refractivity (Wildman–Crippen MR) is 119 cm³/mol. The third-order valence-corrected chi connectivity index (χ3v) is 10.4. The Balaban J connectivity index is 1.89.